The van der Waals surface area contributed by atoms with Crippen molar-refractivity contribution in [2.75, 3.05) is 25.2 Å². The molecule has 0 fully saturated rings. The fraction of sp³-hybridized carbons (Fsp3) is 0.450. The Morgan fingerprint density at radius 3 is 2.58 bits per heavy atom. The average molecular weight is 468 g/mol. The molecule has 31 heavy (non-hydrogen) atoms. The van der Waals surface area contributed by atoms with Gasteiger partial charge < -0.3 is 4.84 Å². The minimum atomic E-state index is -3.86. The third-order valence-electron chi connectivity index (χ3n) is 5.22. The molecule has 0 bridgehead atoms. The van der Waals surface area contributed by atoms with Crippen LogP contribution in [-0.2, 0) is 29.3 Å². The number of carbonyl (C=O) groups is 1. The molecule has 0 aromatic heterocycles. The van der Waals surface area contributed by atoms with E-state index >= 15 is 0 Å². The molecule has 0 saturated heterocycles. The quantitative estimate of drug-likeness (QED) is 0.465. The zero-order chi connectivity index (χ0) is 23.0. The lowest BCUT2D eigenvalue weighted by molar-refractivity contribution is -0.125. The Morgan fingerprint density at radius 1 is 1.29 bits per heavy atom. The topological polar surface area (TPSA) is 123 Å². The molecular formula is C20H25N3O6S2. The highest BCUT2D eigenvalue weighted by atomic mass is 32.2. The molecule has 11 heteroatoms. The van der Waals surface area contributed by atoms with Gasteiger partial charge in [-0.1, -0.05) is 18.1 Å². The Labute approximate surface area is 182 Å². The second-order valence-corrected chi connectivity index (χ2v) is 11.4. The molecule has 2 heterocycles. The van der Waals surface area contributed by atoms with Gasteiger partial charge in [0.05, 0.1) is 38.8 Å². The van der Waals surface area contributed by atoms with Crippen LogP contribution in [0.15, 0.2) is 32.9 Å². The van der Waals surface area contributed by atoms with Crippen LogP contribution in [0.5, 0.6) is 0 Å². The van der Waals surface area contributed by atoms with Gasteiger partial charge in [-0.15, -0.1) is 0 Å². The van der Waals surface area contributed by atoms with E-state index in [4.69, 9.17) is 4.84 Å². The van der Waals surface area contributed by atoms with Gasteiger partial charge in [-0.25, -0.2) is 21.8 Å². The molecule has 0 aliphatic carbocycles. The van der Waals surface area contributed by atoms with Crippen molar-refractivity contribution in [1.82, 2.24) is 5.01 Å². The van der Waals surface area contributed by atoms with E-state index in [0.29, 0.717) is 29.8 Å². The molecule has 2 aliphatic rings. The van der Waals surface area contributed by atoms with E-state index in [2.05, 4.69) is 10.3 Å². The van der Waals surface area contributed by atoms with Gasteiger partial charge in [0.15, 0.2) is 19.7 Å². The summed E-state index contributed by atoms with van der Waals surface area (Å²) in [6.07, 6.45) is 1.76. The number of carbonyl (C=O) groups excluding carboxylic acids is 1. The summed E-state index contributed by atoms with van der Waals surface area (Å²) in [6.45, 7) is 5.40. The Morgan fingerprint density at radius 2 is 2.00 bits per heavy atom. The van der Waals surface area contributed by atoms with Crippen LogP contribution in [0.4, 0.5) is 0 Å². The first kappa shape index (κ1) is 23.1. The van der Waals surface area contributed by atoms with Crippen molar-refractivity contribution in [2.24, 2.45) is 10.3 Å². The number of nitrogens with zero attached hydrogens (tertiary/aromatic N) is 3. The summed E-state index contributed by atoms with van der Waals surface area (Å²) in [7, 11) is -6.05. The van der Waals surface area contributed by atoms with Crippen LogP contribution in [0.1, 0.15) is 43.4 Å². The van der Waals surface area contributed by atoms with Crippen molar-refractivity contribution < 1.29 is 26.5 Å². The number of amides is 1. The van der Waals surface area contributed by atoms with Gasteiger partial charge in [-0.3, -0.25) is 4.79 Å². The molecule has 1 amide bonds. The van der Waals surface area contributed by atoms with Crippen molar-refractivity contribution in [3.8, 4) is 0 Å². The summed E-state index contributed by atoms with van der Waals surface area (Å²) < 4.78 is 51.8. The first-order chi connectivity index (χ1) is 14.6. The lowest BCUT2D eigenvalue weighted by Gasteiger charge is -2.23. The van der Waals surface area contributed by atoms with Crippen LogP contribution in [0.2, 0.25) is 0 Å². The molecule has 0 unspecified atom stereocenters. The second-order valence-electron chi connectivity index (χ2n) is 7.23. The largest absolute Gasteiger partial charge is 0.399 e. The van der Waals surface area contributed by atoms with Crippen molar-refractivity contribution in [1.29, 1.82) is 0 Å². The predicted molar refractivity (Wildman–Crippen MR) is 118 cm³/mol. The Bertz CT molecular complexity index is 1230. The summed E-state index contributed by atoms with van der Waals surface area (Å²) in [5.74, 6) is -0.778. The first-order valence-corrected chi connectivity index (χ1v) is 13.2. The second kappa shape index (κ2) is 8.54. The number of hydrogen-bond donors (Lipinski definition) is 0. The van der Waals surface area contributed by atoms with Gasteiger partial charge in [-0.05, 0) is 37.5 Å². The third-order valence-corrected chi connectivity index (χ3v) is 8.98. The monoisotopic (exact) mass is 467 g/mol. The third kappa shape index (κ3) is 4.03. The smallest absolute Gasteiger partial charge is 0.276 e. The number of sulfone groups is 2. The molecule has 168 valence electrons. The maximum absolute atomic E-state index is 13.3. The summed E-state index contributed by atoms with van der Waals surface area (Å²) in [4.78, 5) is 17.6. The van der Waals surface area contributed by atoms with Gasteiger partial charge in [-0.2, -0.15) is 5.10 Å². The highest BCUT2D eigenvalue weighted by Crippen LogP contribution is 2.37. The number of hydrogen-bond acceptors (Lipinski definition) is 8. The molecule has 3 rings (SSSR count). The number of fused-ring (bicyclic) bond motifs is 1. The van der Waals surface area contributed by atoms with Crippen molar-refractivity contribution in [3.05, 3.63) is 34.4 Å². The fourth-order valence-corrected chi connectivity index (χ4v) is 7.14. The van der Waals surface area contributed by atoms with Crippen molar-refractivity contribution in [3.63, 3.8) is 0 Å². The van der Waals surface area contributed by atoms with Gasteiger partial charge in [0.1, 0.15) is 7.11 Å². The van der Waals surface area contributed by atoms with E-state index in [-0.39, 0.29) is 38.9 Å². The zero-order valence-corrected chi connectivity index (χ0v) is 19.5. The number of hydrazone groups is 1. The molecule has 0 N–H and O–H groups in total. The van der Waals surface area contributed by atoms with Gasteiger partial charge in [0.2, 0.25) is 0 Å². The average Bonchev–Trinajstić information content (AvgIpc) is 3.06. The van der Waals surface area contributed by atoms with E-state index in [9.17, 15) is 21.6 Å². The molecule has 0 spiro atoms. The van der Waals surface area contributed by atoms with E-state index < -0.39 is 25.6 Å². The van der Waals surface area contributed by atoms with E-state index in [1.165, 1.54) is 30.5 Å². The van der Waals surface area contributed by atoms with Crippen LogP contribution in [0, 0.1) is 6.92 Å². The molecule has 9 nitrogen and oxygen atoms in total. The normalized spacial score (nSPS) is 20.8. The highest BCUT2D eigenvalue weighted by molar-refractivity contribution is 8.00. The van der Waals surface area contributed by atoms with Gasteiger partial charge >= 0.3 is 0 Å². The van der Waals surface area contributed by atoms with Crippen LogP contribution in [0.3, 0.4) is 0 Å². The maximum atomic E-state index is 13.3. The summed E-state index contributed by atoms with van der Waals surface area (Å²) in [6, 6.07) is 2.83. The number of likely N-dealkylation sites (N-methyl/N-ethyl adjacent to an activating group) is 1. The van der Waals surface area contributed by atoms with Crippen LogP contribution in [-0.4, -0.2) is 64.8 Å². The standard InChI is InChI=1S/C20H25N3O6S2/c1-5-10-31(27,28)19(15-12-21-23(6-2)20(15)24)14-7-8-17-18(13(14)3)16(22-29-4)9-11-30(17,25)26/h7-8,12H,5-6,9-11H2,1-4H3. The number of rotatable bonds is 6. The Hall–Kier alpha value is -2.53. The molecule has 0 saturated carbocycles. The molecule has 1 aromatic rings. The van der Waals surface area contributed by atoms with Crippen LogP contribution >= 0.6 is 0 Å². The summed E-state index contributed by atoms with van der Waals surface area (Å²) >= 11 is 0. The minimum absolute atomic E-state index is 0.0257. The van der Waals surface area contributed by atoms with E-state index in [1.54, 1.807) is 20.8 Å². The molecular weight excluding hydrogens is 442 g/mol. The zero-order valence-electron chi connectivity index (χ0n) is 17.9. The van der Waals surface area contributed by atoms with Gasteiger partial charge in [0.25, 0.3) is 5.91 Å². The SMILES string of the molecule is CCCS(=O)(=O)C(=C1C=NN(CC)C1=O)c1ccc2c(c1C)C(=NOC)CCS2(=O)=O. The molecule has 2 aliphatic heterocycles. The van der Waals surface area contributed by atoms with Crippen molar-refractivity contribution >= 4 is 42.4 Å². The molecule has 0 atom stereocenters. The van der Waals surface area contributed by atoms with E-state index in [0.717, 1.165) is 0 Å². The Kier molecular flexibility index (Phi) is 6.38. The first-order valence-electron chi connectivity index (χ1n) is 9.89. The summed E-state index contributed by atoms with van der Waals surface area (Å²) in [5.41, 5.74) is 1.40. The highest BCUT2D eigenvalue weighted by Gasteiger charge is 2.36. The predicted octanol–water partition coefficient (Wildman–Crippen LogP) is 1.91. The number of oxime groups is 1. The fourth-order valence-electron chi connectivity index (χ4n) is 3.82. The summed E-state index contributed by atoms with van der Waals surface area (Å²) in [5, 5.41) is 9.18. The molecule has 0 radical (unpaired) electrons. The van der Waals surface area contributed by atoms with Crippen molar-refractivity contribution in [2.45, 2.75) is 38.5 Å². The lowest BCUT2D eigenvalue weighted by atomic mass is 9.95. The lowest BCUT2D eigenvalue weighted by Crippen LogP contribution is -2.26. The maximum Gasteiger partial charge on any atom is 0.276 e. The number of benzene rings is 1. The molecule has 1 aromatic carbocycles. The Balaban J connectivity index is 2.38. The minimum Gasteiger partial charge on any atom is -0.399 e. The van der Waals surface area contributed by atoms with Crippen LogP contribution < -0.4 is 0 Å². The van der Waals surface area contributed by atoms with Crippen LogP contribution in [0.25, 0.3) is 4.91 Å². The van der Waals surface area contributed by atoms with E-state index in [1.807, 2.05) is 0 Å². The van der Waals surface area contributed by atoms with Gasteiger partial charge in [0, 0.05) is 18.5 Å².